The van der Waals surface area contributed by atoms with Gasteiger partial charge in [-0.1, -0.05) is 12.1 Å². The van der Waals surface area contributed by atoms with E-state index in [2.05, 4.69) is 5.32 Å². The summed E-state index contributed by atoms with van der Waals surface area (Å²) in [6, 6.07) is 3.50. The molecule has 1 saturated heterocycles. The van der Waals surface area contributed by atoms with E-state index in [0.29, 0.717) is 19.4 Å². The summed E-state index contributed by atoms with van der Waals surface area (Å²) in [5.41, 5.74) is -0.725. The van der Waals surface area contributed by atoms with Crippen LogP contribution in [0.1, 0.15) is 43.9 Å². The quantitative estimate of drug-likeness (QED) is 0.734. The smallest absolute Gasteiger partial charge is 0.347 e. The average molecular weight is 420 g/mol. The van der Waals surface area contributed by atoms with Crippen LogP contribution in [0.4, 0.5) is 13.2 Å². The lowest BCUT2D eigenvalue weighted by Gasteiger charge is -2.26. The van der Waals surface area contributed by atoms with Crippen LogP contribution in [0.25, 0.3) is 0 Å². The molecular formula is C18H23F3N2O4S. The first-order valence-electron chi connectivity index (χ1n) is 8.86. The number of rotatable bonds is 7. The Balaban J connectivity index is 2.27. The minimum absolute atomic E-state index is 0.0202. The van der Waals surface area contributed by atoms with Crippen molar-refractivity contribution in [2.45, 2.75) is 44.2 Å². The predicted molar refractivity (Wildman–Crippen MR) is 97.1 cm³/mol. The zero-order chi connectivity index (χ0) is 21.1. The standard InChI is InChI=1S/C18H23F3N2O4S/c1-12(2)28(26,27)11-16(24)22-15(10-23-8-4-7-17(23)25)13-5-3-6-14(9-13)18(19,20)21/h3,5-6,9,12,15H,4,7-8,10-11H2,1-2H3,(H,22,24). The molecule has 0 bridgehead atoms. The van der Waals surface area contributed by atoms with E-state index >= 15 is 0 Å². The number of sulfone groups is 1. The lowest BCUT2D eigenvalue weighted by atomic mass is 10.0. The van der Waals surface area contributed by atoms with Crippen LogP contribution in [0.15, 0.2) is 24.3 Å². The molecule has 1 aliphatic heterocycles. The van der Waals surface area contributed by atoms with Crippen molar-refractivity contribution in [3.8, 4) is 0 Å². The van der Waals surface area contributed by atoms with Gasteiger partial charge in [-0.3, -0.25) is 9.59 Å². The summed E-state index contributed by atoms with van der Waals surface area (Å²) in [6.45, 7) is 3.30. The molecule has 0 saturated carbocycles. The molecule has 0 aliphatic carbocycles. The summed E-state index contributed by atoms with van der Waals surface area (Å²) in [7, 11) is -3.67. The second-order valence-corrected chi connectivity index (χ2v) is 9.60. The summed E-state index contributed by atoms with van der Waals surface area (Å²) in [6.07, 6.45) is -3.59. The number of nitrogens with one attached hydrogen (secondary N) is 1. The first-order chi connectivity index (χ1) is 12.9. The first kappa shape index (κ1) is 22.2. The molecule has 10 heteroatoms. The maximum atomic E-state index is 13.0. The third kappa shape index (κ3) is 5.70. The molecular weight excluding hydrogens is 397 g/mol. The maximum Gasteiger partial charge on any atom is 0.416 e. The fourth-order valence-corrected chi connectivity index (χ4v) is 3.65. The van der Waals surface area contributed by atoms with Crippen LogP contribution in [0.2, 0.25) is 0 Å². The van der Waals surface area contributed by atoms with Crippen LogP contribution >= 0.6 is 0 Å². The summed E-state index contributed by atoms with van der Waals surface area (Å²) >= 11 is 0. The number of benzene rings is 1. The van der Waals surface area contributed by atoms with Crippen LogP contribution < -0.4 is 5.32 Å². The Kier molecular flexibility index (Phi) is 6.74. The van der Waals surface area contributed by atoms with Crippen molar-refractivity contribution >= 4 is 21.7 Å². The molecule has 1 N–H and O–H groups in total. The van der Waals surface area contributed by atoms with E-state index in [1.54, 1.807) is 0 Å². The van der Waals surface area contributed by atoms with Crippen LogP contribution in [-0.4, -0.2) is 49.2 Å². The van der Waals surface area contributed by atoms with Gasteiger partial charge in [-0.2, -0.15) is 13.2 Å². The van der Waals surface area contributed by atoms with Gasteiger partial charge in [-0.15, -0.1) is 0 Å². The Bertz CT molecular complexity index is 837. The second-order valence-electron chi connectivity index (χ2n) is 7.04. The number of carbonyl (C=O) groups excluding carboxylic acids is 2. The molecule has 1 atom stereocenters. The van der Waals surface area contributed by atoms with Crippen molar-refractivity contribution in [3.63, 3.8) is 0 Å². The van der Waals surface area contributed by atoms with Gasteiger partial charge in [0.15, 0.2) is 9.84 Å². The number of halogens is 3. The molecule has 6 nitrogen and oxygen atoms in total. The molecule has 2 rings (SSSR count). The number of nitrogens with zero attached hydrogens (tertiary/aromatic N) is 1. The van der Waals surface area contributed by atoms with Crippen molar-refractivity contribution in [2.75, 3.05) is 18.8 Å². The van der Waals surface area contributed by atoms with Gasteiger partial charge >= 0.3 is 6.18 Å². The van der Waals surface area contributed by atoms with Crippen molar-refractivity contribution in [1.82, 2.24) is 10.2 Å². The van der Waals surface area contributed by atoms with Gasteiger partial charge in [0, 0.05) is 19.5 Å². The summed E-state index contributed by atoms with van der Waals surface area (Å²) < 4.78 is 63.1. The Morgan fingerprint density at radius 2 is 1.96 bits per heavy atom. The van der Waals surface area contributed by atoms with Gasteiger partial charge in [0.05, 0.1) is 16.9 Å². The van der Waals surface area contributed by atoms with E-state index in [0.717, 1.165) is 12.1 Å². The summed E-state index contributed by atoms with van der Waals surface area (Å²) in [5.74, 6) is -1.74. The van der Waals surface area contributed by atoms with Gasteiger partial charge in [0.25, 0.3) is 0 Å². The normalized spacial score (nSPS) is 16.5. The molecule has 1 heterocycles. The van der Waals surface area contributed by atoms with Crippen LogP contribution in [0, 0.1) is 0 Å². The van der Waals surface area contributed by atoms with E-state index in [9.17, 15) is 31.2 Å². The van der Waals surface area contributed by atoms with Crippen molar-refractivity contribution in [2.24, 2.45) is 0 Å². The SMILES string of the molecule is CC(C)S(=O)(=O)CC(=O)NC(CN1CCCC1=O)c1cccc(C(F)(F)F)c1. The van der Waals surface area contributed by atoms with Gasteiger partial charge in [0.1, 0.15) is 5.75 Å². The zero-order valence-electron chi connectivity index (χ0n) is 15.6. The van der Waals surface area contributed by atoms with Crippen LogP contribution in [0.5, 0.6) is 0 Å². The van der Waals surface area contributed by atoms with Gasteiger partial charge < -0.3 is 10.2 Å². The number of hydrogen-bond acceptors (Lipinski definition) is 4. The zero-order valence-corrected chi connectivity index (χ0v) is 16.4. The Labute approximate surface area is 162 Å². The topological polar surface area (TPSA) is 83.6 Å². The maximum absolute atomic E-state index is 13.0. The van der Waals surface area contributed by atoms with Crippen LogP contribution in [0.3, 0.4) is 0 Å². The molecule has 1 aromatic carbocycles. The van der Waals surface area contributed by atoms with E-state index in [1.807, 2.05) is 0 Å². The molecule has 2 amide bonds. The molecule has 0 aromatic heterocycles. The third-order valence-electron chi connectivity index (χ3n) is 4.58. The lowest BCUT2D eigenvalue weighted by Crippen LogP contribution is -2.41. The second kappa shape index (κ2) is 8.50. The number of hydrogen-bond donors (Lipinski definition) is 1. The van der Waals surface area contributed by atoms with Crippen molar-refractivity contribution < 1.29 is 31.2 Å². The highest BCUT2D eigenvalue weighted by atomic mass is 32.2. The molecule has 1 aliphatic rings. The number of likely N-dealkylation sites (tertiary alicyclic amines) is 1. The fraction of sp³-hybridized carbons (Fsp3) is 0.556. The molecule has 0 radical (unpaired) electrons. The number of amides is 2. The first-order valence-corrected chi connectivity index (χ1v) is 10.6. The molecule has 156 valence electrons. The minimum Gasteiger partial charge on any atom is -0.347 e. The van der Waals surface area contributed by atoms with Gasteiger partial charge in [-0.25, -0.2) is 8.42 Å². The van der Waals surface area contributed by atoms with Crippen molar-refractivity contribution in [1.29, 1.82) is 0 Å². The van der Waals surface area contributed by atoms with E-state index < -0.39 is 44.5 Å². The van der Waals surface area contributed by atoms with Crippen LogP contribution in [-0.2, 0) is 25.6 Å². The van der Waals surface area contributed by atoms with Crippen molar-refractivity contribution in [3.05, 3.63) is 35.4 Å². The number of alkyl halides is 3. The largest absolute Gasteiger partial charge is 0.416 e. The predicted octanol–water partition coefficient (Wildman–Crippen LogP) is 2.31. The number of carbonyl (C=O) groups is 2. The monoisotopic (exact) mass is 420 g/mol. The van der Waals surface area contributed by atoms with Gasteiger partial charge in [-0.05, 0) is 38.0 Å². The lowest BCUT2D eigenvalue weighted by molar-refractivity contribution is -0.137. The van der Waals surface area contributed by atoms with E-state index in [4.69, 9.17) is 0 Å². The molecule has 1 unspecified atom stereocenters. The van der Waals surface area contributed by atoms with E-state index in [-0.39, 0.29) is 18.0 Å². The summed E-state index contributed by atoms with van der Waals surface area (Å²) in [5, 5.41) is 1.73. The minimum atomic E-state index is -4.56. The van der Waals surface area contributed by atoms with Gasteiger partial charge in [0.2, 0.25) is 11.8 Å². The third-order valence-corrected chi connectivity index (χ3v) is 6.68. The molecule has 1 aromatic rings. The fourth-order valence-electron chi connectivity index (χ4n) is 2.87. The average Bonchev–Trinajstić information content (AvgIpc) is 2.98. The highest BCUT2D eigenvalue weighted by molar-refractivity contribution is 7.92. The highest BCUT2D eigenvalue weighted by Crippen LogP contribution is 2.31. The Morgan fingerprint density at radius 3 is 2.50 bits per heavy atom. The highest BCUT2D eigenvalue weighted by Gasteiger charge is 2.32. The van der Waals surface area contributed by atoms with E-state index in [1.165, 1.54) is 30.9 Å². The Morgan fingerprint density at radius 1 is 1.29 bits per heavy atom. The molecule has 1 fully saturated rings. The summed E-state index contributed by atoms with van der Waals surface area (Å²) in [4.78, 5) is 25.6. The Hall–Kier alpha value is -2.10. The molecule has 28 heavy (non-hydrogen) atoms. The molecule has 0 spiro atoms.